The molecule has 0 aliphatic carbocycles. The first kappa shape index (κ1) is 22.2. The van der Waals surface area contributed by atoms with Gasteiger partial charge in [0.15, 0.2) is 17.7 Å². The van der Waals surface area contributed by atoms with E-state index in [2.05, 4.69) is 4.98 Å². The molecule has 1 atom stereocenters. The maximum atomic E-state index is 14.3. The van der Waals surface area contributed by atoms with E-state index in [0.717, 1.165) is 16.7 Å². The molecule has 162 valence electrons. The van der Waals surface area contributed by atoms with Crippen LogP contribution in [-0.4, -0.2) is 22.2 Å². The molecule has 0 amide bonds. The van der Waals surface area contributed by atoms with Crippen LogP contribution in [0.25, 0.3) is 11.1 Å². The van der Waals surface area contributed by atoms with Gasteiger partial charge in [0, 0.05) is 12.6 Å². The Hall–Kier alpha value is -3.52. The summed E-state index contributed by atoms with van der Waals surface area (Å²) in [6.45, 7) is 2.16. The normalized spacial score (nSPS) is 11.7. The average Bonchev–Trinajstić information content (AvgIpc) is 2.76. The minimum Gasteiger partial charge on any atom is -0.479 e. The van der Waals surface area contributed by atoms with E-state index in [1.807, 2.05) is 30.3 Å². The van der Waals surface area contributed by atoms with Crippen LogP contribution < -0.4 is 15.2 Å². The molecule has 0 saturated heterocycles. The summed E-state index contributed by atoms with van der Waals surface area (Å²) in [5.41, 5.74) is 8.35. The summed E-state index contributed by atoms with van der Waals surface area (Å²) < 4.78 is 39.0. The largest absolute Gasteiger partial charge is 0.479 e. The van der Waals surface area contributed by atoms with Crippen LogP contribution in [0.4, 0.5) is 8.78 Å². The molecule has 2 aromatic carbocycles. The third-order valence-electron chi connectivity index (χ3n) is 4.49. The van der Waals surface area contributed by atoms with E-state index in [-0.39, 0.29) is 12.2 Å². The molecule has 0 bridgehead atoms. The van der Waals surface area contributed by atoms with Crippen LogP contribution in [0, 0.1) is 11.6 Å². The molecule has 1 unspecified atom stereocenters. The number of nitrogens with zero attached hydrogens (tertiary/aromatic N) is 1. The molecule has 31 heavy (non-hydrogen) atoms. The highest BCUT2D eigenvalue weighted by molar-refractivity contribution is 5.72. The van der Waals surface area contributed by atoms with Crippen molar-refractivity contribution in [2.75, 3.05) is 0 Å². The maximum absolute atomic E-state index is 14.3. The molecule has 0 radical (unpaired) electrons. The van der Waals surface area contributed by atoms with Gasteiger partial charge in [-0.05, 0) is 41.3 Å². The number of ether oxygens (including phenoxy) is 2. The first-order valence-electron chi connectivity index (χ1n) is 9.74. The van der Waals surface area contributed by atoms with Crippen molar-refractivity contribution in [3.63, 3.8) is 0 Å². The molecule has 0 aliphatic heterocycles. The van der Waals surface area contributed by atoms with Crippen LogP contribution >= 0.6 is 0 Å². The number of nitrogens with two attached hydrogens (primary N) is 1. The number of benzene rings is 2. The smallest absolute Gasteiger partial charge is 0.344 e. The highest BCUT2D eigenvalue weighted by Gasteiger charge is 2.23. The Kier molecular flexibility index (Phi) is 7.15. The van der Waals surface area contributed by atoms with Crippen LogP contribution in [0.1, 0.15) is 25.3 Å². The summed E-state index contributed by atoms with van der Waals surface area (Å²) in [5, 5.41) is 9.20. The molecule has 0 spiro atoms. The SMILES string of the molecule is CCCC(Oc1nc(Oc2cccc(-c3cccc(CN)c3)c2)c(F)cc1F)C(=O)O. The number of hydrogen-bond donors (Lipinski definition) is 2. The molecular formula is C23H22F2N2O4. The number of rotatable bonds is 9. The van der Waals surface area contributed by atoms with Crippen molar-refractivity contribution in [2.45, 2.75) is 32.4 Å². The van der Waals surface area contributed by atoms with Crippen LogP contribution in [-0.2, 0) is 11.3 Å². The van der Waals surface area contributed by atoms with Gasteiger partial charge in [-0.3, -0.25) is 0 Å². The fourth-order valence-corrected chi connectivity index (χ4v) is 2.95. The lowest BCUT2D eigenvalue weighted by molar-refractivity contribution is -0.145. The van der Waals surface area contributed by atoms with Crippen molar-refractivity contribution in [2.24, 2.45) is 5.73 Å². The maximum Gasteiger partial charge on any atom is 0.344 e. The van der Waals surface area contributed by atoms with Gasteiger partial charge in [-0.1, -0.05) is 43.7 Å². The van der Waals surface area contributed by atoms with E-state index in [1.165, 1.54) is 0 Å². The summed E-state index contributed by atoms with van der Waals surface area (Å²) in [4.78, 5) is 15.0. The molecule has 0 aliphatic rings. The molecule has 3 N–H and O–H groups in total. The third-order valence-corrected chi connectivity index (χ3v) is 4.49. The molecule has 1 heterocycles. The Morgan fingerprint density at radius 3 is 2.42 bits per heavy atom. The van der Waals surface area contributed by atoms with Gasteiger partial charge in [-0.25, -0.2) is 13.6 Å². The number of pyridine rings is 1. The Balaban J connectivity index is 1.88. The molecule has 1 aromatic heterocycles. The second kappa shape index (κ2) is 9.99. The number of carboxylic acid groups (broad SMARTS) is 1. The zero-order valence-electron chi connectivity index (χ0n) is 16.8. The van der Waals surface area contributed by atoms with Crippen molar-refractivity contribution < 1.29 is 28.2 Å². The number of aromatic nitrogens is 1. The van der Waals surface area contributed by atoms with Gasteiger partial charge in [0.2, 0.25) is 0 Å². The topological polar surface area (TPSA) is 94.7 Å². The van der Waals surface area contributed by atoms with E-state index in [9.17, 15) is 18.7 Å². The summed E-state index contributed by atoms with van der Waals surface area (Å²) in [5.74, 6) is -4.30. The number of carbonyl (C=O) groups is 1. The highest BCUT2D eigenvalue weighted by atomic mass is 19.1. The summed E-state index contributed by atoms with van der Waals surface area (Å²) in [7, 11) is 0. The fraction of sp³-hybridized carbons (Fsp3) is 0.217. The van der Waals surface area contributed by atoms with Crippen molar-refractivity contribution >= 4 is 5.97 Å². The first-order valence-corrected chi connectivity index (χ1v) is 9.74. The lowest BCUT2D eigenvalue weighted by atomic mass is 10.0. The van der Waals surface area contributed by atoms with Crippen molar-refractivity contribution in [3.05, 3.63) is 71.8 Å². The number of aliphatic carboxylic acids is 1. The molecule has 3 rings (SSSR count). The zero-order chi connectivity index (χ0) is 22.4. The minimum atomic E-state index is -1.30. The summed E-state index contributed by atoms with van der Waals surface area (Å²) in [6.07, 6.45) is -0.654. The van der Waals surface area contributed by atoms with Crippen LogP contribution in [0.15, 0.2) is 54.6 Å². The van der Waals surface area contributed by atoms with Gasteiger partial charge in [0.05, 0.1) is 0 Å². The first-order chi connectivity index (χ1) is 14.9. The molecule has 8 heteroatoms. The Labute approximate surface area is 178 Å². The van der Waals surface area contributed by atoms with E-state index in [4.69, 9.17) is 15.2 Å². The Bertz CT molecular complexity index is 1080. The van der Waals surface area contributed by atoms with Crippen LogP contribution in [0.5, 0.6) is 17.5 Å². The van der Waals surface area contributed by atoms with Gasteiger partial charge in [-0.15, -0.1) is 0 Å². The van der Waals surface area contributed by atoms with E-state index >= 15 is 0 Å². The molecule has 3 aromatic rings. The second-order valence-electron chi connectivity index (χ2n) is 6.83. The molecular weight excluding hydrogens is 406 g/mol. The minimum absolute atomic E-state index is 0.147. The van der Waals surface area contributed by atoms with E-state index < -0.39 is 35.5 Å². The second-order valence-corrected chi connectivity index (χ2v) is 6.83. The lowest BCUT2D eigenvalue weighted by Gasteiger charge is -2.15. The average molecular weight is 428 g/mol. The van der Waals surface area contributed by atoms with Gasteiger partial charge in [0.25, 0.3) is 11.8 Å². The third kappa shape index (κ3) is 5.55. The quantitative estimate of drug-likeness (QED) is 0.503. The Morgan fingerprint density at radius 1 is 1.06 bits per heavy atom. The predicted octanol–water partition coefficient (Wildman–Crippen LogP) is 4.91. The number of halogens is 2. The van der Waals surface area contributed by atoms with Crippen molar-refractivity contribution in [1.82, 2.24) is 4.98 Å². The van der Waals surface area contributed by atoms with Gasteiger partial charge in [0.1, 0.15) is 5.75 Å². The van der Waals surface area contributed by atoms with Gasteiger partial charge >= 0.3 is 5.97 Å². The van der Waals surface area contributed by atoms with Gasteiger partial charge < -0.3 is 20.3 Å². The monoisotopic (exact) mass is 428 g/mol. The van der Waals surface area contributed by atoms with E-state index in [1.54, 1.807) is 25.1 Å². The molecule has 6 nitrogen and oxygen atoms in total. The standard InChI is InChI=1S/C23H22F2N2O4/c1-2-5-20(23(28)29)31-22-19(25)12-18(24)21(27-22)30-17-9-4-8-16(11-17)15-7-3-6-14(10-15)13-26/h3-4,6-12,20H,2,5,13,26H2,1H3,(H,28,29). The zero-order valence-corrected chi connectivity index (χ0v) is 16.8. The van der Waals surface area contributed by atoms with E-state index in [0.29, 0.717) is 19.0 Å². The lowest BCUT2D eigenvalue weighted by Crippen LogP contribution is -2.27. The van der Waals surface area contributed by atoms with Crippen LogP contribution in [0.2, 0.25) is 0 Å². The molecule has 0 saturated carbocycles. The van der Waals surface area contributed by atoms with Crippen LogP contribution in [0.3, 0.4) is 0 Å². The molecule has 0 fully saturated rings. The summed E-state index contributed by atoms with van der Waals surface area (Å²) >= 11 is 0. The highest BCUT2D eigenvalue weighted by Crippen LogP contribution is 2.30. The number of hydrogen-bond acceptors (Lipinski definition) is 5. The van der Waals surface area contributed by atoms with Crippen molar-refractivity contribution in [3.8, 4) is 28.6 Å². The predicted molar refractivity (Wildman–Crippen MR) is 111 cm³/mol. The van der Waals surface area contributed by atoms with Gasteiger partial charge in [-0.2, -0.15) is 4.98 Å². The summed E-state index contributed by atoms with van der Waals surface area (Å²) in [6, 6.07) is 15.0. The Morgan fingerprint density at radius 2 is 1.74 bits per heavy atom. The van der Waals surface area contributed by atoms with Crippen molar-refractivity contribution in [1.29, 1.82) is 0 Å². The number of carboxylic acids is 1. The fourth-order valence-electron chi connectivity index (χ4n) is 2.95.